The Kier molecular flexibility index (Phi) is 5.40. The van der Waals surface area contributed by atoms with Gasteiger partial charge in [-0.25, -0.2) is 9.59 Å². The Morgan fingerprint density at radius 2 is 2.17 bits per heavy atom. The summed E-state index contributed by atoms with van der Waals surface area (Å²) in [5, 5.41) is 11.6. The van der Waals surface area contributed by atoms with Crippen LogP contribution < -0.4 is 5.32 Å². The van der Waals surface area contributed by atoms with E-state index in [1.54, 1.807) is 0 Å². The van der Waals surface area contributed by atoms with Crippen LogP contribution in [0.5, 0.6) is 0 Å². The maximum atomic E-state index is 11.2. The molecule has 0 aromatic heterocycles. The highest BCUT2D eigenvalue weighted by molar-refractivity contribution is 5.80. The van der Waals surface area contributed by atoms with E-state index in [0.29, 0.717) is 12.8 Å². The third-order valence-corrected chi connectivity index (χ3v) is 3.28. The van der Waals surface area contributed by atoms with Crippen LogP contribution in [0.2, 0.25) is 0 Å². The molecule has 1 rings (SSSR count). The second-order valence-electron chi connectivity index (χ2n) is 4.66. The van der Waals surface area contributed by atoms with Crippen LogP contribution >= 0.6 is 0 Å². The number of carboxylic acids is 1. The Bertz CT molecular complexity index is 307. The van der Waals surface area contributed by atoms with Crippen molar-refractivity contribution in [1.82, 2.24) is 5.32 Å². The molecular formula is C12H21NO5. The molecule has 1 amide bonds. The van der Waals surface area contributed by atoms with Gasteiger partial charge in [0.25, 0.3) is 0 Å². The van der Waals surface area contributed by atoms with Crippen molar-refractivity contribution in [2.75, 3.05) is 7.11 Å². The first kappa shape index (κ1) is 14.8. The average Bonchev–Trinajstić information content (AvgIpc) is 2.34. The second kappa shape index (κ2) is 6.58. The number of alkyl carbamates (subject to hydrolysis) is 1. The van der Waals surface area contributed by atoms with E-state index in [1.807, 2.05) is 13.8 Å². The van der Waals surface area contributed by atoms with E-state index in [-0.39, 0.29) is 18.1 Å². The first-order chi connectivity index (χ1) is 8.47. The molecule has 0 saturated carbocycles. The molecule has 18 heavy (non-hydrogen) atoms. The van der Waals surface area contributed by atoms with Crippen LogP contribution in [-0.2, 0) is 14.3 Å². The predicted molar refractivity (Wildman–Crippen MR) is 64.3 cm³/mol. The maximum absolute atomic E-state index is 11.2. The lowest BCUT2D eigenvalue weighted by atomic mass is 9.85. The Morgan fingerprint density at radius 1 is 1.50 bits per heavy atom. The summed E-state index contributed by atoms with van der Waals surface area (Å²) in [6.07, 6.45) is 1.45. The summed E-state index contributed by atoms with van der Waals surface area (Å²) in [4.78, 5) is 22.4. The Balaban J connectivity index is 2.72. The third-order valence-electron chi connectivity index (χ3n) is 3.28. The number of hydrogen-bond donors (Lipinski definition) is 2. The topological polar surface area (TPSA) is 84.9 Å². The summed E-state index contributed by atoms with van der Waals surface area (Å²) in [5.74, 6) is -1.16. The molecule has 1 aliphatic heterocycles. The normalized spacial score (nSPS) is 29.4. The van der Waals surface area contributed by atoms with Crippen LogP contribution in [-0.4, -0.2) is 42.5 Å². The lowest BCUT2D eigenvalue weighted by Crippen LogP contribution is -2.49. The first-order valence-electron chi connectivity index (χ1n) is 6.20. The van der Waals surface area contributed by atoms with Crippen LogP contribution in [0.3, 0.4) is 0 Å². The van der Waals surface area contributed by atoms with E-state index in [0.717, 1.165) is 6.42 Å². The summed E-state index contributed by atoms with van der Waals surface area (Å²) < 4.78 is 10.1. The van der Waals surface area contributed by atoms with Gasteiger partial charge < -0.3 is 19.9 Å². The van der Waals surface area contributed by atoms with Crippen LogP contribution in [0.4, 0.5) is 4.79 Å². The molecule has 0 bridgehead atoms. The maximum Gasteiger partial charge on any atom is 0.407 e. The number of nitrogens with one attached hydrogen (secondary N) is 1. The van der Waals surface area contributed by atoms with Gasteiger partial charge in [-0.2, -0.15) is 0 Å². The second-order valence-corrected chi connectivity index (χ2v) is 4.66. The standard InChI is InChI=1S/C12H21NO5/c1-4-9-6-8(5-7(2)18-9)10(11(14)15)13-12(16)17-3/h7-10H,4-6H2,1-3H3,(H,13,16)(H,14,15)/t7-,8?,9-,10?/m1/s1. The number of ether oxygens (including phenoxy) is 2. The van der Waals surface area contributed by atoms with Gasteiger partial charge in [0.15, 0.2) is 0 Å². The zero-order chi connectivity index (χ0) is 13.7. The van der Waals surface area contributed by atoms with Gasteiger partial charge in [0.2, 0.25) is 0 Å². The fourth-order valence-electron chi connectivity index (χ4n) is 2.40. The van der Waals surface area contributed by atoms with Crippen molar-refractivity contribution in [3.8, 4) is 0 Å². The minimum atomic E-state index is -1.03. The Labute approximate surface area is 107 Å². The average molecular weight is 259 g/mol. The molecule has 0 aromatic rings. The van der Waals surface area contributed by atoms with E-state index in [1.165, 1.54) is 7.11 Å². The number of carboxylic acid groups (broad SMARTS) is 1. The highest BCUT2D eigenvalue weighted by Crippen LogP contribution is 2.29. The van der Waals surface area contributed by atoms with Gasteiger partial charge >= 0.3 is 12.1 Å². The highest BCUT2D eigenvalue weighted by Gasteiger charge is 2.36. The number of hydrogen-bond acceptors (Lipinski definition) is 4. The first-order valence-corrected chi connectivity index (χ1v) is 6.20. The molecule has 0 aliphatic carbocycles. The van der Waals surface area contributed by atoms with E-state index in [9.17, 15) is 14.7 Å². The van der Waals surface area contributed by atoms with E-state index >= 15 is 0 Å². The molecule has 1 aliphatic rings. The van der Waals surface area contributed by atoms with Gasteiger partial charge in [-0.15, -0.1) is 0 Å². The zero-order valence-electron chi connectivity index (χ0n) is 11.0. The van der Waals surface area contributed by atoms with Gasteiger partial charge in [-0.05, 0) is 32.1 Å². The summed E-state index contributed by atoms with van der Waals surface area (Å²) >= 11 is 0. The fraction of sp³-hybridized carbons (Fsp3) is 0.833. The largest absolute Gasteiger partial charge is 0.480 e. The van der Waals surface area contributed by atoms with Crippen molar-refractivity contribution < 1.29 is 24.2 Å². The molecule has 0 radical (unpaired) electrons. The van der Waals surface area contributed by atoms with Crippen LogP contribution in [0, 0.1) is 5.92 Å². The van der Waals surface area contributed by atoms with Crippen molar-refractivity contribution in [2.24, 2.45) is 5.92 Å². The summed E-state index contributed by atoms with van der Waals surface area (Å²) in [7, 11) is 1.22. The number of amides is 1. The highest BCUT2D eigenvalue weighted by atomic mass is 16.5. The third kappa shape index (κ3) is 3.87. The minimum Gasteiger partial charge on any atom is -0.480 e. The number of carbonyl (C=O) groups excluding carboxylic acids is 1. The molecule has 4 atom stereocenters. The van der Waals surface area contributed by atoms with Crippen LogP contribution in [0.1, 0.15) is 33.1 Å². The SMILES string of the molecule is CC[C@@H]1CC(C(NC(=O)OC)C(=O)O)C[C@@H](C)O1. The Hall–Kier alpha value is -1.30. The molecule has 0 aromatic carbocycles. The van der Waals surface area contributed by atoms with Crippen molar-refractivity contribution in [2.45, 2.75) is 51.4 Å². The van der Waals surface area contributed by atoms with Gasteiger partial charge in [0.1, 0.15) is 6.04 Å². The van der Waals surface area contributed by atoms with Crippen LogP contribution in [0.25, 0.3) is 0 Å². The van der Waals surface area contributed by atoms with Crippen LogP contribution in [0.15, 0.2) is 0 Å². The smallest absolute Gasteiger partial charge is 0.407 e. The monoisotopic (exact) mass is 259 g/mol. The zero-order valence-corrected chi connectivity index (χ0v) is 11.0. The quantitative estimate of drug-likeness (QED) is 0.797. The number of methoxy groups -OCH3 is 1. The molecule has 2 N–H and O–H groups in total. The summed E-state index contributed by atoms with van der Waals surface area (Å²) in [6, 6.07) is -0.919. The molecule has 2 unspecified atom stereocenters. The predicted octanol–water partition coefficient (Wildman–Crippen LogP) is 1.39. The molecule has 1 fully saturated rings. The summed E-state index contributed by atoms with van der Waals surface area (Å²) in [5.41, 5.74) is 0. The molecule has 1 heterocycles. The number of aliphatic carboxylic acids is 1. The summed E-state index contributed by atoms with van der Waals surface area (Å²) in [6.45, 7) is 3.93. The fourth-order valence-corrected chi connectivity index (χ4v) is 2.40. The van der Waals surface area contributed by atoms with E-state index in [4.69, 9.17) is 4.74 Å². The lowest BCUT2D eigenvalue weighted by Gasteiger charge is -2.36. The Morgan fingerprint density at radius 3 is 2.67 bits per heavy atom. The molecule has 104 valence electrons. The van der Waals surface area contributed by atoms with Gasteiger partial charge in [-0.1, -0.05) is 6.92 Å². The minimum absolute atomic E-state index is 0.00926. The molecule has 0 spiro atoms. The van der Waals surface area contributed by atoms with Crippen molar-refractivity contribution in [3.63, 3.8) is 0 Å². The van der Waals surface area contributed by atoms with Crippen molar-refractivity contribution in [3.05, 3.63) is 0 Å². The number of carbonyl (C=O) groups is 2. The molecule has 6 nitrogen and oxygen atoms in total. The van der Waals surface area contributed by atoms with Gasteiger partial charge in [0, 0.05) is 0 Å². The van der Waals surface area contributed by atoms with Crippen molar-refractivity contribution >= 4 is 12.1 Å². The molecule has 1 saturated heterocycles. The van der Waals surface area contributed by atoms with Gasteiger partial charge in [-0.3, -0.25) is 0 Å². The van der Waals surface area contributed by atoms with Gasteiger partial charge in [0.05, 0.1) is 19.3 Å². The van der Waals surface area contributed by atoms with E-state index < -0.39 is 18.1 Å². The van der Waals surface area contributed by atoms with Crippen molar-refractivity contribution in [1.29, 1.82) is 0 Å². The molecular weight excluding hydrogens is 238 g/mol. The molecule has 6 heteroatoms. The number of rotatable bonds is 4. The lowest BCUT2D eigenvalue weighted by molar-refractivity contribution is -0.143. The van der Waals surface area contributed by atoms with E-state index in [2.05, 4.69) is 10.1 Å².